The lowest BCUT2D eigenvalue weighted by Crippen LogP contribution is -2.32. The van der Waals surface area contributed by atoms with Crippen molar-refractivity contribution in [3.05, 3.63) is 90.5 Å². The average Bonchev–Trinajstić information content (AvgIpc) is 2.79. The van der Waals surface area contributed by atoms with Crippen LogP contribution >= 0.6 is 0 Å². The van der Waals surface area contributed by atoms with Gasteiger partial charge in [-0.25, -0.2) is 4.79 Å². The van der Waals surface area contributed by atoms with Crippen LogP contribution in [-0.2, 0) is 9.53 Å². The first-order chi connectivity index (χ1) is 15.1. The Bertz CT molecular complexity index is 1010. The number of anilines is 1. The maximum atomic E-state index is 12.6. The smallest absolute Gasteiger partial charge is 0.407 e. The molecule has 3 aromatic carbocycles. The van der Waals surface area contributed by atoms with Crippen molar-refractivity contribution in [3.8, 4) is 0 Å². The summed E-state index contributed by atoms with van der Waals surface area (Å²) in [6.45, 7) is 1.99. The summed E-state index contributed by atoms with van der Waals surface area (Å²) < 4.78 is 4.96. The topological polar surface area (TPSA) is 92.1 Å². The summed E-state index contributed by atoms with van der Waals surface area (Å²) in [5, 5.41) is 13.9. The molecule has 0 saturated carbocycles. The molecule has 0 bridgehead atoms. The van der Waals surface area contributed by atoms with Gasteiger partial charge in [-0.2, -0.15) is 10.2 Å². The highest BCUT2D eigenvalue weighted by Crippen LogP contribution is 2.21. The molecule has 0 aliphatic carbocycles. The zero-order valence-corrected chi connectivity index (χ0v) is 17.2. The number of benzene rings is 3. The number of carbonyl (C=O) groups is 2. The summed E-state index contributed by atoms with van der Waals surface area (Å²) in [5.74, 6) is -0.232. The first-order valence-electron chi connectivity index (χ1n) is 9.99. The number of carbonyl (C=O) groups excluding carboxylic acids is 2. The fourth-order valence-electron chi connectivity index (χ4n) is 2.87. The van der Waals surface area contributed by atoms with Crippen LogP contribution in [0.5, 0.6) is 0 Å². The van der Waals surface area contributed by atoms with Crippen LogP contribution in [0.2, 0.25) is 0 Å². The lowest BCUT2D eigenvalue weighted by molar-refractivity contribution is -0.116. The van der Waals surface area contributed by atoms with Crippen LogP contribution in [0.15, 0.2) is 95.2 Å². The summed E-state index contributed by atoms with van der Waals surface area (Å²) in [6.07, 6.45) is -0.490. The van der Waals surface area contributed by atoms with Crippen molar-refractivity contribution in [2.75, 3.05) is 11.9 Å². The van der Waals surface area contributed by atoms with Gasteiger partial charge in [-0.15, -0.1) is 0 Å². The molecule has 2 amide bonds. The van der Waals surface area contributed by atoms with Gasteiger partial charge in [0.15, 0.2) is 0 Å². The molecule has 0 fully saturated rings. The highest BCUT2D eigenvalue weighted by atomic mass is 16.5. The Morgan fingerprint density at radius 2 is 1.42 bits per heavy atom. The van der Waals surface area contributed by atoms with Crippen LogP contribution in [0, 0.1) is 0 Å². The average molecular weight is 416 g/mol. The molecule has 0 aliphatic heterocycles. The number of nitrogens with zero attached hydrogens (tertiary/aromatic N) is 2. The van der Waals surface area contributed by atoms with E-state index in [0.717, 1.165) is 11.3 Å². The molecule has 1 atom stereocenters. The molecule has 2 N–H and O–H groups in total. The van der Waals surface area contributed by atoms with Crippen molar-refractivity contribution < 1.29 is 14.3 Å². The van der Waals surface area contributed by atoms with Gasteiger partial charge >= 0.3 is 6.09 Å². The van der Waals surface area contributed by atoms with Crippen molar-refractivity contribution in [3.63, 3.8) is 0 Å². The first-order valence-corrected chi connectivity index (χ1v) is 9.99. The standard InChI is InChI=1S/C24H24N4O3/c1-2-31-24(30)26-22(18-9-5-3-6-10-18)17-23(29)25-19-13-15-21(16-14-19)28-27-20-11-7-4-8-12-20/h3-16,22H,2,17H2,1H3,(H,25,29)(H,26,30)/t22-/m0/s1. The van der Waals surface area contributed by atoms with Gasteiger partial charge in [-0.05, 0) is 48.9 Å². The van der Waals surface area contributed by atoms with Crippen LogP contribution in [0.3, 0.4) is 0 Å². The molecule has 31 heavy (non-hydrogen) atoms. The van der Waals surface area contributed by atoms with E-state index in [-0.39, 0.29) is 18.9 Å². The molecule has 3 aromatic rings. The van der Waals surface area contributed by atoms with E-state index in [1.165, 1.54) is 0 Å². The quantitative estimate of drug-likeness (QED) is 0.447. The Hall–Kier alpha value is -4.00. The molecule has 0 unspecified atom stereocenters. The van der Waals surface area contributed by atoms with Gasteiger partial charge in [0.2, 0.25) is 5.91 Å². The fraction of sp³-hybridized carbons (Fsp3) is 0.167. The Morgan fingerprint density at radius 3 is 2.03 bits per heavy atom. The van der Waals surface area contributed by atoms with E-state index in [0.29, 0.717) is 11.4 Å². The summed E-state index contributed by atoms with van der Waals surface area (Å²) in [7, 11) is 0. The largest absolute Gasteiger partial charge is 0.450 e. The van der Waals surface area contributed by atoms with E-state index in [1.807, 2.05) is 60.7 Å². The molecule has 158 valence electrons. The van der Waals surface area contributed by atoms with Gasteiger partial charge in [0.25, 0.3) is 0 Å². The molecule has 7 nitrogen and oxygen atoms in total. The normalized spacial score (nSPS) is 11.6. The van der Waals surface area contributed by atoms with Crippen molar-refractivity contribution in [2.24, 2.45) is 10.2 Å². The van der Waals surface area contributed by atoms with E-state index in [1.54, 1.807) is 31.2 Å². The van der Waals surface area contributed by atoms with E-state index in [2.05, 4.69) is 20.9 Å². The zero-order chi connectivity index (χ0) is 21.9. The van der Waals surface area contributed by atoms with Crippen LogP contribution in [0.25, 0.3) is 0 Å². The second kappa shape index (κ2) is 11.3. The third-order valence-corrected chi connectivity index (χ3v) is 4.35. The number of nitrogens with one attached hydrogen (secondary N) is 2. The molecular formula is C24H24N4O3. The maximum absolute atomic E-state index is 12.6. The van der Waals surface area contributed by atoms with Gasteiger partial charge < -0.3 is 15.4 Å². The number of alkyl carbamates (subject to hydrolysis) is 1. The number of azo groups is 1. The SMILES string of the molecule is CCOC(=O)N[C@@H](CC(=O)Nc1ccc(N=Nc2ccccc2)cc1)c1ccccc1. The third kappa shape index (κ3) is 7.08. The number of rotatable bonds is 8. The second-order valence-electron chi connectivity index (χ2n) is 6.66. The van der Waals surface area contributed by atoms with Gasteiger partial charge in [0.1, 0.15) is 0 Å². The zero-order valence-electron chi connectivity index (χ0n) is 17.2. The number of ether oxygens (including phenoxy) is 1. The Balaban J connectivity index is 1.61. The highest BCUT2D eigenvalue weighted by molar-refractivity contribution is 5.91. The van der Waals surface area contributed by atoms with Gasteiger partial charge in [-0.1, -0.05) is 48.5 Å². The second-order valence-corrected chi connectivity index (χ2v) is 6.66. The van der Waals surface area contributed by atoms with Crippen LogP contribution in [-0.4, -0.2) is 18.6 Å². The maximum Gasteiger partial charge on any atom is 0.407 e. The number of hydrogen-bond donors (Lipinski definition) is 2. The lowest BCUT2D eigenvalue weighted by atomic mass is 10.0. The Labute approximate surface area is 181 Å². The van der Waals surface area contributed by atoms with E-state index < -0.39 is 12.1 Å². The number of hydrogen-bond acceptors (Lipinski definition) is 5. The van der Waals surface area contributed by atoms with Crippen molar-refractivity contribution in [1.29, 1.82) is 0 Å². The number of amides is 2. The molecular weight excluding hydrogens is 392 g/mol. The Kier molecular flexibility index (Phi) is 7.88. The summed E-state index contributed by atoms with van der Waals surface area (Å²) >= 11 is 0. The Morgan fingerprint density at radius 1 is 0.839 bits per heavy atom. The molecule has 3 rings (SSSR count). The minimum Gasteiger partial charge on any atom is -0.450 e. The molecule has 0 aromatic heterocycles. The van der Waals surface area contributed by atoms with E-state index in [4.69, 9.17) is 4.74 Å². The molecule has 0 aliphatic rings. The molecule has 0 radical (unpaired) electrons. The van der Waals surface area contributed by atoms with Crippen molar-refractivity contribution in [2.45, 2.75) is 19.4 Å². The predicted molar refractivity (Wildman–Crippen MR) is 120 cm³/mol. The monoisotopic (exact) mass is 416 g/mol. The molecule has 0 saturated heterocycles. The van der Waals surface area contributed by atoms with Crippen molar-refractivity contribution in [1.82, 2.24) is 5.32 Å². The van der Waals surface area contributed by atoms with Gasteiger partial charge in [-0.3, -0.25) is 4.79 Å². The van der Waals surface area contributed by atoms with Gasteiger partial charge in [0.05, 0.1) is 30.4 Å². The predicted octanol–water partition coefficient (Wildman–Crippen LogP) is 5.92. The minimum atomic E-state index is -0.558. The fourth-order valence-corrected chi connectivity index (χ4v) is 2.87. The van der Waals surface area contributed by atoms with E-state index in [9.17, 15) is 9.59 Å². The summed E-state index contributed by atoms with van der Waals surface area (Å²) in [6, 6.07) is 25.3. The first kappa shape index (κ1) is 21.7. The minimum absolute atomic E-state index is 0.0678. The van der Waals surface area contributed by atoms with Crippen molar-refractivity contribution >= 4 is 29.1 Å². The molecule has 0 heterocycles. The van der Waals surface area contributed by atoms with Crippen LogP contribution in [0.4, 0.5) is 21.9 Å². The van der Waals surface area contributed by atoms with Crippen LogP contribution in [0.1, 0.15) is 24.9 Å². The van der Waals surface area contributed by atoms with Gasteiger partial charge in [0, 0.05) is 5.69 Å². The summed E-state index contributed by atoms with van der Waals surface area (Å²) in [5.41, 5.74) is 2.89. The summed E-state index contributed by atoms with van der Waals surface area (Å²) in [4.78, 5) is 24.5. The third-order valence-electron chi connectivity index (χ3n) is 4.35. The molecule has 7 heteroatoms. The lowest BCUT2D eigenvalue weighted by Gasteiger charge is -2.18. The van der Waals surface area contributed by atoms with E-state index >= 15 is 0 Å². The van der Waals surface area contributed by atoms with Crippen LogP contribution < -0.4 is 10.6 Å². The molecule has 0 spiro atoms. The highest BCUT2D eigenvalue weighted by Gasteiger charge is 2.19.